The van der Waals surface area contributed by atoms with Gasteiger partial charge in [-0.2, -0.15) is 0 Å². The van der Waals surface area contributed by atoms with E-state index in [-0.39, 0.29) is 11.7 Å². The maximum Gasteiger partial charge on any atom is 0.335 e. The Morgan fingerprint density at radius 1 is 1.20 bits per heavy atom. The lowest BCUT2D eigenvalue weighted by Crippen LogP contribution is -2.61. The van der Waals surface area contributed by atoms with E-state index in [2.05, 4.69) is 0 Å². The molecule has 3 rings (SSSR count). The molecule has 1 saturated heterocycles. The number of benzene rings is 1. The summed E-state index contributed by atoms with van der Waals surface area (Å²) in [6, 6.07) is 6.77. The van der Waals surface area contributed by atoms with Crippen LogP contribution in [0.5, 0.6) is 5.75 Å². The standard InChI is InChI=1S/C21H31NO8/c1-22(2)11-13-6-3-4-9-21(13,28)12-7-5-8-14(10-12)29-20-17(25)15(23)16(24)18(30-20)19(26)27/h5,7-8,10,13,15-18,20,23-25,28H,3-4,6,9,11H2,1-2H3,(H,26,27)/t13-,15-,16-,17+,18-,20+,21-/m0/s1. The van der Waals surface area contributed by atoms with E-state index in [1.54, 1.807) is 18.2 Å². The van der Waals surface area contributed by atoms with Gasteiger partial charge in [0, 0.05) is 12.5 Å². The Morgan fingerprint density at radius 2 is 1.93 bits per heavy atom. The van der Waals surface area contributed by atoms with Crippen LogP contribution in [0.1, 0.15) is 31.2 Å². The Morgan fingerprint density at radius 3 is 2.60 bits per heavy atom. The fourth-order valence-electron chi connectivity index (χ4n) is 4.41. The molecule has 30 heavy (non-hydrogen) atoms. The van der Waals surface area contributed by atoms with E-state index >= 15 is 0 Å². The number of carbonyl (C=O) groups is 1. The molecule has 0 unspecified atom stereocenters. The maximum absolute atomic E-state index is 11.5. The molecule has 2 aliphatic rings. The van der Waals surface area contributed by atoms with E-state index in [1.807, 2.05) is 25.1 Å². The molecule has 1 heterocycles. The summed E-state index contributed by atoms with van der Waals surface area (Å²) in [4.78, 5) is 13.3. The predicted molar refractivity (Wildman–Crippen MR) is 106 cm³/mol. The third-order valence-corrected chi connectivity index (χ3v) is 6.02. The van der Waals surface area contributed by atoms with Crippen molar-refractivity contribution in [2.45, 2.75) is 62.0 Å². The summed E-state index contributed by atoms with van der Waals surface area (Å²) in [6.45, 7) is 0.733. The zero-order chi connectivity index (χ0) is 22.1. The molecule has 1 saturated carbocycles. The quantitative estimate of drug-likeness (QED) is 0.422. The van der Waals surface area contributed by atoms with Crippen molar-refractivity contribution in [3.63, 3.8) is 0 Å². The van der Waals surface area contributed by atoms with Gasteiger partial charge in [0.15, 0.2) is 6.10 Å². The van der Waals surface area contributed by atoms with E-state index in [1.165, 1.54) is 0 Å². The molecule has 2 fully saturated rings. The number of carboxylic acid groups (broad SMARTS) is 1. The summed E-state index contributed by atoms with van der Waals surface area (Å²) in [7, 11) is 3.93. The highest BCUT2D eigenvalue weighted by molar-refractivity contribution is 5.73. The van der Waals surface area contributed by atoms with E-state index in [0.717, 1.165) is 25.8 Å². The number of nitrogens with zero attached hydrogens (tertiary/aromatic N) is 1. The number of carboxylic acids is 1. The number of hydrogen-bond donors (Lipinski definition) is 5. The molecule has 1 aliphatic heterocycles. The Kier molecular flexibility index (Phi) is 7.01. The number of aliphatic carboxylic acids is 1. The summed E-state index contributed by atoms with van der Waals surface area (Å²) in [6.07, 6.45) is -4.91. The highest BCUT2D eigenvalue weighted by Gasteiger charge is 2.48. The summed E-state index contributed by atoms with van der Waals surface area (Å²) in [5.74, 6) is -1.17. The van der Waals surface area contributed by atoms with Crippen molar-refractivity contribution in [3.8, 4) is 5.75 Å². The Labute approximate surface area is 175 Å². The number of aliphatic hydroxyl groups excluding tert-OH is 3. The van der Waals surface area contributed by atoms with Crippen LogP contribution in [-0.2, 0) is 15.1 Å². The monoisotopic (exact) mass is 425 g/mol. The molecule has 0 aromatic heterocycles. The number of aliphatic hydroxyl groups is 4. The van der Waals surface area contributed by atoms with Crippen LogP contribution < -0.4 is 4.74 Å². The maximum atomic E-state index is 11.5. The number of rotatable bonds is 6. The van der Waals surface area contributed by atoms with Gasteiger partial charge < -0.3 is 39.9 Å². The summed E-state index contributed by atoms with van der Waals surface area (Å²) in [5, 5.41) is 50.6. The average Bonchev–Trinajstić information content (AvgIpc) is 2.70. The minimum atomic E-state index is -1.78. The van der Waals surface area contributed by atoms with E-state index in [4.69, 9.17) is 9.47 Å². The fourth-order valence-corrected chi connectivity index (χ4v) is 4.41. The topological polar surface area (TPSA) is 140 Å². The van der Waals surface area contributed by atoms with Gasteiger partial charge in [0.2, 0.25) is 6.29 Å². The smallest absolute Gasteiger partial charge is 0.335 e. The van der Waals surface area contributed by atoms with E-state index in [0.29, 0.717) is 12.0 Å². The minimum Gasteiger partial charge on any atom is -0.479 e. The minimum absolute atomic E-state index is 0.0429. The Balaban J connectivity index is 1.82. The first kappa shape index (κ1) is 22.9. The zero-order valence-corrected chi connectivity index (χ0v) is 17.2. The molecule has 9 heteroatoms. The largest absolute Gasteiger partial charge is 0.479 e. The van der Waals surface area contributed by atoms with Crippen LogP contribution in [0.15, 0.2) is 24.3 Å². The van der Waals surface area contributed by atoms with E-state index in [9.17, 15) is 30.3 Å². The van der Waals surface area contributed by atoms with Crippen LogP contribution in [0.2, 0.25) is 0 Å². The Hall–Kier alpha value is -1.75. The molecule has 1 aromatic rings. The second-order valence-electron chi connectivity index (χ2n) is 8.51. The summed E-state index contributed by atoms with van der Waals surface area (Å²) < 4.78 is 10.8. The van der Waals surface area contributed by atoms with Gasteiger partial charge in [-0.1, -0.05) is 25.0 Å². The van der Waals surface area contributed by atoms with Crippen molar-refractivity contribution in [3.05, 3.63) is 29.8 Å². The third-order valence-electron chi connectivity index (χ3n) is 6.02. The molecular weight excluding hydrogens is 394 g/mol. The van der Waals surface area contributed by atoms with Gasteiger partial charge in [-0.25, -0.2) is 4.79 Å². The molecule has 1 aromatic carbocycles. The lowest BCUT2D eigenvalue weighted by molar-refractivity contribution is -0.271. The molecule has 168 valence electrons. The Bertz CT molecular complexity index is 743. The van der Waals surface area contributed by atoms with Crippen LogP contribution in [-0.4, -0.2) is 87.7 Å². The van der Waals surface area contributed by atoms with Gasteiger partial charge in [0.1, 0.15) is 24.1 Å². The highest BCUT2D eigenvalue weighted by atomic mass is 16.7. The summed E-state index contributed by atoms with van der Waals surface area (Å²) in [5.41, 5.74) is -0.361. The number of hydrogen-bond acceptors (Lipinski definition) is 8. The van der Waals surface area contributed by atoms with Crippen molar-refractivity contribution in [1.29, 1.82) is 0 Å². The van der Waals surface area contributed by atoms with Crippen molar-refractivity contribution in [2.75, 3.05) is 20.6 Å². The fraction of sp³-hybridized carbons (Fsp3) is 0.667. The third kappa shape index (κ3) is 4.61. The molecule has 0 amide bonds. The van der Waals surface area contributed by atoms with Gasteiger partial charge in [0.25, 0.3) is 0 Å². The lowest BCUT2D eigenvalue weighted by atomic mass is 9.71. The average molecular weight is 425 g/mol. The molecule has 0 bridgehead atoms. The lowest BCUT2D eigenvalue weighted by Gasteiger charge is -2.42. The van der Waals surface area contributed by atoms with Crippen molar-refractivity contribution < 1.29 is 39.8 Å². The van der Waals surface area contributed by atoms with Gasteiger partial charge >= 0.3 is 5.97 Å². The first-order chi connectivity index (χ1) is 14.1. The van der Waals surface area contributed by atoms with Crippen molar-refractivity contribution in [2.24, 2.45) is 5.92 Å². The van der Waals surface area contributed by atoms with Gasteiger partial charge in [-0.05, 0) is 44.6 Å². The van der Waals surface area contributed by atoms with Crippen LogP contribution in [0, 0.1) is 5.92 Å². The zero-order valence-electron chi connectivity index (χ0n) is 17.2. The van der Waals surface area contributed by atoms with Crippen LogP contribution in [0.4, 0.5) is 0 Å². The SMILES string of the molecule is CN(C)C[C@@H]1CCCC[C@]1(O)c1cccc(O[C@@H]2O[C@H](C(=O)O)[C@@H](O)[C@H](O)[C@H]2O)c1. The first-order valence-electron chi connectivity index (χ1n) is 10.2. The van der Waals surface area contributed by atoms with Crippen molar-refractivity contribution >= 4 is 5.97 Å². The normalized spacial score (nSPS) is 37.2. The predicted octanol–water partition coefficient (Wildman–Crippen LogP) is -0.103. The van der Waals surface area contributed by atoms with Gasteiger partial charge in [-0.3, -0.25) is 0 Å². The van der Waals surface area contributed by atoms with Gasteiger partial charge in [-0.15, -0.1) is 0 Å². The molecule has 1 aliphatic carbocycles. The summed E-state index contributed by atoms with van der Waals surface area (Å²) >= 11 is 0. The van der Waals surface area contributed by atoms with Crippen LogP contribution in [0.3, 0.4) is 0 Å². The first-order valence-corrected chi connectivity index (χ1v) is 10.2. The molecule has 9 nitrogen and oxygen atoms in total. The molecule has 0 radical (unpaired) electrons. The molecule has 5 N–H and O–H groups in total. The highest BCUT2D eigenvalue weighted by Crippen LogP contribution is 2.43. The van der Waals surface area contributed by atoms with Crippen LogP contribution in [0.25, 0.3) is 0 Å². The van der Waals surface area contributed by atoms with Crippen LogP contribution >= 0.6 is 0 Å². The molecule has 0 spiro atoms. The molecule has 7 atom stereocenters. The van der Waals surface area contributed by atoms with Crippen molar-refractivity contribution in [1.82, 2.24) is 4.90 Å². The molecular formula is C21H31NO8. The van der Waals surface area contributed by atoms with Gasteiger partial charge in [0.05, 0.1) is 5.60 Å². The second kappa shape index (κ2) is 9.17. The van der Waals surface area contributed by atoms with E-state index < -0.39 is 42.3 Å². The second-order valence-corrected chi connectivity index (χ2v) is 8.51. The number of ether oxygens (including phenoxy) is 2.